The standard InChI is InChI=1S/C12H2F8.C10H8N2/c13-3-1-4(14)10(18)7(9(3)17)8-11(19)5(15)2-6(16)12(8)20;1-5-11-6-2-9(1)10-3-7-12-8-4-10/h1-2H;1-8H. The first-order valence-corrected chi connectivity index (χ1v) is 8.69. The lowest BCUT2D eigenvalue weighted by Gasteiger charge is -2.10. The molecule has 0 fully saturated rings. The van der Waals surface area contributed by atoms with Crippen molar-refractivity contribution in [3.05, 3.63) is 108 Å². The van der Waals surface area contributed by atoms with Gasteiger partial charge < -0.3 is 0 Å². The van der Waals surface area contributed by atoms with Gasteiger partial charge in [0.15, 0.2) is 46.5 Å². The van der Waals surface area contributed by atoms with Crippen molar-refractivity contribution in [3.8, 4) is 22.3 Å². The van der Waals surface area contributed by atoms with Crippen molar-refractivity contribution in [2.75, 3.05) is 0 Å². The molecule has 0 aliphatic heterocycles. The molecule has 2 heterocycles. The number of rotatable bonds is 2. The molecule has 10 heteroatoms. The van der Waals surface area contributed by atoms with E-state index in [4.69, 9.17) is 0 Å². The van der Waals surface area contributed by atoms with E-state index >= 15 is 0 Å². The Kier molecular flexibility index (Phi) is 6.82. The molecule has 4 aromatic rings. The number of aromatic nitrogens is 2. The van der Waals surface area contributed by atoms with E-state index < -0.39 is 57.7 Å². The zero-order chi connectivity index (χ0) is 23.4. The molecule has 0 N–H and O–H groups in total. The highest BCUT2D eigenvalue weighted by Gasteiger charge is 2.29. The number of halogens is 8. The van der Waals surface area contributed by atoms with E-state index in [1.807, 2.05) is 24.3 Å². The van der Waals surface area contributed by atoms with Crippen molar-refractivity contribution in [3.63, 3.8) is 0 Å². The maximum atomic E-state index is 13.4. The first kappa shape index (κ1) is 22.9. The van der Waals surface area contributed by atoms with Gasteiger partial charge in [-0.15, -0.1) is 0 Å². The fraction of sp³-hybridized carbons (Fsp3) is 0. The van der Waals surface area contributed by atoms with Crippen molar-refractivity contribution < 1.29 is 35.1 Å². The van der Waals surface area contributed by atoms with Crippen LogP contribution in [0, 0.1) is 46.5 Å². The largest absolute Gasteiger partial charge is 0.265 e. The van der Waals surface area contributed by atoms with Gasteiger partial charge in [-0.25, -0.2) is 35.1 Å². The first-order valence-electron chi connectivity index (χ1n) is 8.69. The smallest absolute Gasteiger partial charge is 0.170 e. The normalized spacial score (nSPS) is 10.5. The van der Waals surface area contributed by atoms with Crippen molar-refractivity contribution >= 4 is 0 Å². The molecular formula is C22H10F8N2. The van der Waals surface area contributed by atoms with Gasteiger partial charge in [-0.3, -0.25) is 9.97 Å². The van der Waals surface area contributed by atoms with Crippen LogP contribution in [0.4, 0.5) is 35.1 Å². The SMILES string of the molecule is Fc1cc(F)c(F)c(-c2c(F)c(F)cc(F)c2F)c1F.c1cc(-c2ccncc2)ccn1. The molecule has 32 heavy (non-hydrogen) atoms. The average molecular weight is 454 g/mol. The number of hydrogen-bond acceptors (Lipinski definition) is 2. The highest BCUT2D eigenvalue weighted by atomic mass is 19.2. The van der Waals surface area contributed by atoms with E-state index in [0.717, 1.165) is 0 Å². The highest BCUT2D eigenvalue weighted by Crippen LogP contribution is 2.35. The van der Waals surface area contributed by atoms with Gasteiger partial charge in [0.2, 0.25) is 0 Å². The van der Waals surface area contributed by atoms with Crippen LogP contribution in [0.25, 0.3) is 22.3 Å². The van der Waals surface area contributed by atoms with Crippen LogP contribution in [-0.4, -0.2) is 9.97 Å². The summed E-state index contributed by atoms with van der Waals surface area (Å²) in [6, 6.07) is 7.51. The third-order valence-corrected chi connectivity index (χ3v) is 4.17. The molecular weight excluding hydrogens is 444 g/mol. The van der Waals surface area contributed by atoms with E-state index in [9.17, 15) is 35.1 Å². The van der Waals surface area contributed by atoms with Crippen LogP contribution in [0.1, 0.15) is 0 Å². The highest BCUT2D eigenvalue weighted by molar-refractivity contribution is 5.67. The molecule has 0 bridgehead atoms. The molecule has 0 atom stereocenters. The third kappa shape index (κ3) is 4.58. The van der Waals surface area contributed by atoms with Crippen molar-refractivity contribution in [1.29, 1.82) is 0 Å². The van der Waals surface area contributed by atoms with Gasteiger partial charge in [0.1, 0.15) is 0 Å². The lowest BCUT2D eigenvalue weighted by atomic mass is 10.0. The summed E-state index contributed by atoms with van der Waals surface area (Å²) < 4.78 is 105. The van der Waals surface area contributed by atoms with E-state index in [0.29, 0.717) is 0 Å². The summed E-state index contributed by atoms with van der Waals surface area (Å²) in [5.74, 6) is -16.6. The third-order valence-electron chi connectivity index (χ3n) is 4.17. The molecule has 164 valence electrons. The van der Waals surface area contributed by atoms with E-state index in [2.05, 4.69) is 9.97 Å². The number of benzene rings is 2. The topological polar surface area (TPSA) is 25.8 Å². The zero-order valence-corrected chi connectivity index (χ0v) is 15.7. The quantitative estimate of drug-likeness (QED) is 0.252. The van der Waals surface area contributed by atoms with Crippen LogP contribution < -0.4 is 0 Å². The summed E-state index contributed by atoms with van der Waals surface area (Å²) in [5.41, 5.74) is -1.38. The van der Waals surface area contributed by atoms with E-state index in [-0.39, 0.29) is 12.1 Å². The van der Waals surface area contributed by atoms with Crippen LogP contribution in [0.5, 0.6) is 0 Å². The molecule has 0 spiro atoms. The monoisotopic (exact) mass is 454 g/mol. The first-order chi connectivity index (χ1) is 15.2. The molecule has 0 aliphatic rings. The molecule has 0 saturated carbocycles. The van der Waals surface area contributed by atoms with Gasteiger partial charge in [-0.1, -0.05) is 0 Å². The average Bonchev–Trinajstić information content (AvgIpc) is 2.80. The van der Waals surface area contributed by atoms with Gasteiger partial charge >= 0.3 is 0 Å². The van der Waals surface area contributed by atoms with E-state index in [1.165, 1.54) is 11.1 Å². The van der Waals surface area contributed by atoms with Gasteiger partial charge in [-0.2, -0.15) is 0 Å². The molecule has 2 nitrogen and oxygen atoms in total. The fourth-order valence-corrected chi connectivity index (χ4v) is 2.67. The molecule has 4 rings (SSSR count). The summed E-state index contributed by atoms with van der Waals surface area (Å²) in [5, 5.41) is 0. The summed E-state index contributed by atoms with van der Waals surface area (Å²) in [6.07, 6.45) is 7.15. The van der Waals surface area contributed by atoms with Crippen LogP contribution in [0.15, 0.2) is 61.2 Å². The Balaban J connectivity index is 0.000000204. The molecule has 2 aromatic heterocycles. The van der Waals surface area contributed by atoms with E-state index in [1.54, 1.807) is 24.8 Å². The van der Waals surface area contributed by atoms with Gasteiger partial charge in [0.25, 0.3) is 0 Å². The van der Waals surface area contributed by atoms with Crippen molar-refractivity contribution in [2.24, 2.45) is 0 Å². The number of pyridine rings is 2. The van der Waals surface area contributed by atoms with Gasteiger partial charge in [0.05, 0.1) is 11.1 Å². The molecule has 0 saturated heterocycles. The number of hydrogen-bond donors (Lipinski definition) is 0. The Bertz CT molecular complexity index is 1100. The van der Waals surface area contributed by atoms with Crippen LogP contribution >= 0.6 is 0 Å². The Labute approximate surface area is 175 Å². The van der Waals surface area contributed by atoms with Crippen LogP contribution in [0.3, 0.4) is 0 Å². The van der Waals surface area contributed by atoms with Crippen molar-refractivity contribution in [2.45, 2.75) is 0 Å². The minimum atomic E-state index is -2.17. The second kappa shape index (κ2) is 9.54. The molecule has 2 aromatic carbocycles. The summed E-state index contributed by atoms with van der Waals surface area (Å²) in [4.78, 5) is 7.91. The van der Waals surface area contributed by atoms with Crippen LogP contribution in [0.2, 0.25) is 0 Å². The minimum absolute atomic E-state index is 0.209. The summed E-state index contributed by atoms with van der Waals surface area (Å²) in [7, 11) is 0. The predicted molar refractivity (Wildman–Crippen MR) is 99.0 cm³/mol. The molecule has 0 radical (unpaired) electrons. The van der Waals surface area contributed by atoms with Gasteiger partial charge in [-0.05, 0) is 35.4 Å². The Morgan fingerprint density at radius 3 is 0.906 bits per heavy atom. The number of nitrogens with zero attached hydrogens (tertiary/aromatic N) is 2. The van der Waals surface area contributed by atoms with Gasteiger partial charge in [0, 0.05) is 36.9 Å². The predicted octanol–water partition coefficient (Wildman–Crippen LogP) is 6.61. The Morgan fingerprint density at radius 1 is 0.406 bits per heavy atom. The zero-order valence-electron chi connectivity index (χ0n) is 15.7. The molecule has 0 aliphatic carbocycles. The lowest BCUT2D eigenvalue weighted by molar-refractivity contribution is 0.441. The maximum absolute atomic E-state index is 13.4. The van der Waals surface area contributed by atoms with Crippen molar-refractivity contribution in [1.82, 2.24) is 9.97 Å². The molecule has 0 amide bonds. The lowest BCUT2D eigenvalue weighted by Crippen LogP contribution is -2.05. The fourth-order valence-electron chi connectivity index (χ4n) is 2.67. The Morgan fingerprint density at radius 2 is 0.656 bits per heavy atom. The molecule has 0 unspecified atom stereocenters. The summed E-state index contributed by atoms with van der Waals surface area (Å²) >= 11 is 0. The second-order valence-corrected chi connectivity index (χ2v) is 6.16. The minimum Gasteiger partial charge on any atom is -0.265 e. The van der Waals surface area contributed by atoms with Crippen LogP contribution in [-0.2, 0) is 0 Å². The summed E-state index contributed by atoms with van der Waals surface area (Å²) in [6.45, 7) is 0. The Hall–Kier alpha value is -3.82. The second-order valence-electron chi connectivity index (χ2n) is 6.16. The maximum Gasteiger partial charge on any atom is 0.170 e.